The molecule has 1 atom stereocenters. The third kappa shape index (κ3) is 2.52. The highest BCUT2D eigenvalue weighted by atomic mass is 32.2. The van der Waals surface area contributed by atoms with E-state index in [0.29, 0.717) is 11.3 Å². The molecule has 2 rings (SSSR count). The molecule has 0 fully saturated rings. The summed E-state index contributed by atoms with van der Waals surface area (Å²) in [6.07, 6.45) is 5.94. The summed E-state index contributed by atoms with van der Waals surface area (Å²) in [6, 6.07) is 4.97. The van der Waals surface area contributed by atoms with E-state index in [4.69, 9.17) is 0 Å². The second-order valence-corrected chi connectivity index (χ2v) is 5.52. The van der Waals surface area contributed by atoms with Crippen molar-refractivity contribution in [2.24, 2.45) is 0 Å². The molecule has 0 spiro atoms. The molecule has 0 amide bonds. The number of rotatable bonds is 4. The fraction of sp³-hybridized carbons (Fsp3) is 0.182. The van der Waals surface area contributed by atoms with Gasteiger partial charge in [0, 0.05) is 18.6 Å². The van der Waals surface area contributed by atoms with Crippen molar-refractivity contribution in [1.29, 1.82) is 0 Å². The number of nitrogens with zero attached hydrogens (tertiary/aromatic N) is 3. The zero-order chi connectivity index (χ0) is 13.0. The van der Waals surface area contributed by atoms with Gasteiger partial charge in [-0.1, -0.05) is 6.07 Å². The third-order valence-electron chi connectivity index (χ3n) is 2.46. The van der Waals surface area contributed by atoms with E-state index in [-0.39, 0.29) is 0 Å². The first kappa shape index (κ1) is 12.6. The van der Waals surface area contributed by atoms with Gasteiger partial charge in [0.2, 0.25) is 10.0 Å². The van der Waals surface area contributed by atoms with E-state index in [1.54, 1.807) is 24.4 Å². The van der Waals surface area contributed by atoms with E-state index in [2.05, 4.69) is 19.7 Å². The molecular weight excluding hydrogens is 252 g/mol. The summed E-state index contributed by atoms with van der Waals surface area (Å²) in [7, 11) is -2.17. The van der Waals surface area contributed by atoms with Crippen LogP contribution in [0.3, 0.4) is 0 Å². The highest BCUT2D eigenvalue weighted by Gasteiger charge is 2.29. The van der Waals surface area contributed by atoms with Gasteiger partial charge in [-0.05, 0) is 24.7 Å². The summed E-state index contributed by atoms with van der Waals surface area (Å²) < 4.78 is 26.5. The highest BCUT2D eigenvalue weighted by Crippen LogP contribution is 2.26. The molecule has 7 heteroatoms. The summed E-state index contributed by atoms with van der Waals surface area (Å²) in [4.78, 5) is 11.7. The van der Waals surface area contributed by atoms with Crippen LogP contribution in [0, 0.1) is 0 Å². The van der Waals surface area contributed by atoms with Gasteiger partial charge in [0.1, 0.15) is 11.6 Å². The fourth-order valence-corrected chi connectivity index (χ4v) is 2.80. The predicted molar refractivity (Wildman–Crippen MR) is 66.1 cm³/mol. The lowest BCUT2D eigenvalue weighted by atomic mass is 10.1. The second-order valence-electron chi connectivity index (χ2n) is 3.55. The van der Waals surface area contributed by atoms with Gasteiger partial charge < -0.3 is 0 Å². The maximum atomic E-state index is 12.1. The maximum Gasteiger partial charge on any atom is 0.224 e. The van der Waals surface area contributed by atoms with Gasteiger partial charge in [-0.3, -0.25) is 4.98 Å². The lowest BCUT2D eigenvalue weighted by molar-refractivity contribution is 0.579. The molecule has 2 heterocycles. The minimum absolute atomic E-state index is 0.410. The standard InChI is InChI=1S/C11H12N4O2S/c1-12-18(16,17)11(9-3-2-5-13-7-9)10-4-6-14-8-15-10/h2-8,11-12H,1H3. The van der Waals surface area contributed by atoms with E-state index in [1.165, 1.54) is 25.8 Å². The first-order valence-electron chi connectivity index (χ1n) is 5.23. The van der Waals surface area contributed by atoms with Crippen LogP contribution in [0.15, 0.2) is 43.1 Å². The molecule has 1 unspecified atom stereocenters. The van der Waals surface area contributed by atoms with Crippen molar-refractivity contribution >= 4 is 10.0 Å². The van der Waals surface area contributed by atoms with E-state index in [1.807, 2.05) is 0 Å². The van der Waals surface area contributed by atoms with Crippen molar-refractivity contribution in [2.75, 3.05) is 7.05 Å². The Morgan fingerprint density at radius 1 is 1.22 bits per heavy atom. The van der Waals surface area contributed by atoms with Crippen LogP contribution in [0.5, 0.6) is 0 Å². The van der Waals surface area contributed by atoms with Crippen LogP contribution in [0.2, 0.25) is 0 Å². The summed E-state index contributed by atoms with van der Waals surface area (Å²) in [6.45, 7) is 0. The molecular formula is C11H12N4O2S. The number of pyridine rings is 1. The van der Waals surface area contributed by atoms with Gasteiger partial charge in [-0.2, -0.15) is 0 Å². The molecule has 2 aromatic heterocycles. The molecule has 18 heavy (non-hydrogen) atoms. The zero-order valence-corrected chi connectivity index (χ0v) is 10.5. The second kappa shape index (κ2) is 5.19. The number of nitrogens with one attached hydrogen (secondary N) is 1. The normalized spacial score (nSPS) is 13.2. The first-order valence-corrected chi connectivity index (χ1v) is 6.78. The van der Waals surface area contributed by atoms with E-state index in [0.717, 1.165) is 0 Å². The van der Waals surface area contributed by atoms with E-state index in [9.17, 15) is 8.42 Å². The summed E-state index contributed by atoms with van der Waals surface area (Å²) in [5.74, 6) is 0. The van der Waals surface area contributed by atoms with Crippen molar-refractivity contribution < 1.29 is 8.42 Å². The van der Waals surface area contributed by atoms with E-state index < -0.39 is 15.3 Å². The summed E-state index contributed by atoms with van der Waals surface area (Å²) in [5.41, 5.74) is 0.970. The SMILES string of the molecule is CNS(=O)(=O)C(c1cccnc1)c1ccncn1. The van der Waals surface area contributed by atoms with Crippen LogP contribution in [-0.4, -0.2) is 30.4 Å². The molecule has 0 aliphatic rings. The molecule has 1 N–H and O–H groups in total. The van der Waals surface area contributed by atoms with Crippen molar-refractivity contribution in [2.45, 2.75) is 5.25 Å². The van der Waals surface area contributed by atoms with Crippen LogP contribution in [-0.2, 0) is 10.0 Å². The van der Waals surface area contributed by atoms with Gasteiger partial charge in [0.25, 0.3) is 0 Å². The molecule has 94 valence electrons. The van der Waals surface area contributed by atoms with Crippen LogP contribution in [0.4, 0.5) is 0 Å². The first-order chi connectivity index (χ1) is 8.65. The van der Waals surface area contributed by atoms with Crippen LogP contribution < -0.4 is 4.72 Å². The summed E-state index contributed by atoms with van der Waals surface area (Å²) >= 11 is 0. The maximum absolute atomic E-state index is 12.1. The lowest BCUT2D eigenvalue weighted by Crippen LogP contribution is -2.27. The topological polar surface area (TPSA) is 84.8 Å². The minimum atomic E-state index is -3.55. The fourth-order valence-electron chi connectivity index (χ4n) is 1.61. The monoisotopic (exact) mass is 264 g/mol. The van der Waals surface area contributed by atoms with Crippen LogP contribution in [0.1, 0.15) is 16.5 Å². The predicted octanol–water partition coefficient (Wildman–Crippen LogP) is 0.510. The minimum Gasteiger partial charge on any atom is -0.264 e. The zero-order valence-electron chi connectivity index (χ0n) is 9.69. The lowest BCUT2D eigenvalue weighted by Gasteiger charge is -2.16. The molecule has 0 saturated heterocycles. The Bertz CT molecular complexity index is 562. The van der Waals surface area contributed by atoms with Crippen LogP contribution >= 0.6 is 0 Å². The third-order valence-corrected chi connectivity index (χ3v) is 4.16. The van der Waals surface area contributed by atoms with Gasteiger partial charge >= 0.3 is 0 Å². The Morgan fingerprint density at radius 2 is 2.06 bits per heavy atom. The van der Waals surface area contributed by atoms with Crippen molar-refractivity contribution in [3.05, 3.63) is 54.4 Å². The largest absolute Gasteiger partial charge is 0.264 e. The summed E-state index contributed by atoms with van der Waals surface area (Å²) in [5, 5.41) is -0.890. The molecule has 0 bridgehead atoms. The van der Waals surface area contributed by atoms with Gasteiger partial charge in [0.05, 0.1) is 5.69 Å². The quantitative estimate of drug-likeness (QED) is 0.869. The number of hydrogen-bond donors (Lipinski definition) is 1. The Kier molecular flexibility index (Phi) is 3.63. The van der Waals surface area contributed by atoms with Crippen molar-refractivity contribution in [3.63, 3.8) is 0 Å². The molecule has 2 aromatic rings. The Morgan fingerprint density at radius 3 is 2.61 bits per heavy atom. The van der Waals surface area contributed by atoms with Gasteiger partial charge in [-0.25, -0.2) is 23.1 Å². The van der Waals surface area contributed by atoms with Crippen molar-refractivity contribution in [1.82, 2.24) is 19.7 Å². The molecule has 6 nitrogen and oxygen atoms in total. The number of hydrogen-bond acceptors (Lipinski definition) is 5. The van der Waals surface area contributed by atoms with Crippen LogP contribution in [0.25, 0.3) is 0 Å². The van der Waals surface area contributed by atoms with Gasteiger partial charge in [0.15, 0.2) is 0 Å². The molecule has 0 saturated carbocycles. The van der Waals surface area contributed by atoms with Gasteiger partial charge in [-0.15, -0.1) is 0 Å². The number of aromatic nitrogens is 3. The Labute approximate surface area is 105 Å². The Hall–Kier alpha value is -1.86. The van der Waals surface area contributed by atoms with Crippen molar-refractivity contribution in [3.8, 4) is 0 Å². The molecule has 0 aliphatic heterocycles. The average molecular weight is 264 g/mol. The molecule has 0 aromatic carbocycles. The highest BCUT2D eigenvalue weighted by molar-refractivity contribution is 7.89. The van der Waals surface area contributed by atoms with E-state index >= 15 is 0 Å². The Balaban J connectivity index is 2.56. The molecule has 0 aliphatic carbocycles. The molecule has 0 radical (unpaired) electrons. The smallest absolute Gasteiger partial charge is 0.224 e. The number of sulfonamides is 1. The average Bonchev–Trinajstić information content (AvgIpc) is 2.41.